The van der Waals surface area contributed by atoms with Crippen molar-refractivity contribution in [3.63, 3.8) is 0 Å². The van der Waals surface area contributed by atoms with Gasteiger partial charge in [0.25, 0.3) is 0 Å². The van der Waals surface area contributed by atoms with Gasteiger partial charge in [0, 0.05) is 17.2 Å². The van der Waals surface area contributed by atoms with E-state index in [0.29, 0.717) is 11.8 Å². The molecular weight excluding hydrogens is 216 g/mol. The van der Waals surface area contributed by atoms with E-state index in [1.54, 1.807) is 0 Å². The number of nitrogens with zero attached hydrogens (tertiary/aromatic N) is 2. The van der Waals surface area contributed by atoms with Gasteiger partial charge in [0.2, 0.25) is 0 Å². The molecule has 0 saturated heterocycles. The molecule has 17 heavy (non-hydrogen) atoms. The highest BCUT2D eigenvalue weighted by atomic mass is 15.5. The third-order valence-corrected chi connectivity index (χ3v) is 3.66. The number of amidine groups is 1. The van der Waals surface area contributed by atoms with Crippen LogP contribution >= 0.6 is 0 Å². The molecule has 1 heterocycles. The van der Waals surface area contributed by atoms with Crippen molar-refractivity contribution in [2.75, 3.05) is 0 Å². The predicted octanol–water partition coefficient (Wildman–Crippen LogP) is 0.569. The van der Waals surface area contributed by atoms with Crippen LogP contribution in [-0.2, 0) is 6.42 Å². The predicted molar refractivity (Wildman–Crippen MR) is 67.2 cm³/mol. The van der Waals surface area contributed by atoms with Crippen molar-refractivity contribution in [3.05, 3.63) is 17.0 Å². The largest absolute Gasteiger partial charge is 0.380 e. The average Bonchev–Trinajstić information content (AvgIpc) is 2.72. The Morgan fingerprint density at radius 3 is 2.94 bits per heavy atom. The molecule has 1 aromatic rings. The van der Waals surface area contributed by atoms with Crippen LogP contribution in [0.15, 0.2) is 5.10 Å². The second kappa shape index (κ2) is 4.03. The van der Waals surface area contributed by atoms with E-state index in [-0.39, 0.29) is 5.41 Å². The number of nitrogens with one attached hydrogen (secondary N) is 2. The lowest BCUT2D eigenvalue weighted by Gasteiger charge is -2.26. The fourth-order valence-electron chi connectivity index (χ4n) is 2.91. The van der Waals surface area contributed by atoms with Gasteiger partial charge in [-0.1, -0.05) is 20.8 Å². The van der Waals surface area contributed by atoms with Crippen LogP contribution in [0.3, 0.4) is 0 Å². The Bertz CT molecular complexity index is 445. The Kier molecular flexibility index (Phi) is 2.82. The molecule has 6 heteroatoms. The first-order valence-electron chi connectivity index (χ1n) is 5.87. The smallest absolute Gasteiger partial charge is 0.172 e. The van der Waals surface area contributed by atoms with Crippen LogP contribution in [0, 0.1) is 5.41 Å². The van der Waals surface area contributed by atoms with Gasteiger partial charge < -0.3 is 5.73 Å². The van der Waals surface area contributed by atoms with Gasteiger partial charge in [-0.2, -0.15) is 5.10 Å². The first kappa shape index (κ1) is 11.9. The highest BCUT2D eigenvalue weighted by molar-refractivity contribution is 5.97. The Balaban J connectivity index is 2.43. The number of nitrogens with two attached hydrogens (primary N) is 2. The second-order valence-electron chi connectivity index (χ2n) is 5.22. The average molecular weight is 236 g/mol. The third kappa shape index (κ3) is 1.78. The molecule has 1 atom stereocenters. The summed E-state index contributed by atoms with van der Waals surface area (Å²) >= 11 is 0. The van der Waals surface area contributed by atoms with Crippen LogP contribution in [0.4, 0.5) is 0 Å². The van der Waals surface area contributed by atoms with E-state index in [1.165, 1.54) is 11.3 Å². The number of hydrogen-bond donors (Lipinski definition) is 4. The zero-order valence-corrected chi connectivity index (χ0v) is 10.5. The van der Waals surface area contributed by atoms with E-state index in [4.69, 9.17) is 11.6 Å². The molecule has 2 rings (SSSR count). The topological polar surface area (TPSA) is 105 Å². The number of hydrogen-bond acceptors (Lipinski definition) is 4. The van der Waals surface area contributed by atoms with Crippen LogP contribution in [-0.4, -0.2) is 16.0 Å². The van der Waals surface area contributed by atoms with Gasteiger partial charge in [0.05, 0.1) is 0 Å². The molecule has 6 nitrogen and oxygen atoms in total. The normalized spacial score (nSPS) is 22.6. The zero-order chi connectivity index (χ0) is 12.6. The number of H-pyrrole nitrogens is 1. The standard InChI is InChI=1S/C11H20N6/c1-4-7-8-6(5-11(7,2)3)9(15-14-8)10(12)16-17-13/h7,17H,4-5,13H2,1-3H3,(H2,12,16)(H,14,15)/t7-/m0/s1. The van der Waals surface area contributed by atoms with Crippen LogP contribution in [0.2, 0.25) is 0 Å². The Morgan fingerprint density at radius 2 is 2.35 bits per heavy atom. The summed E-state index contributed by atoms with van der Waals surface area (Å²) in [4.78, 5) is 0. The number of rotatable bonds is 3. The molecule has 0 fully saturated rings. The lowest BCUT2D eigenvalue weighted by molar-refractivity contribution is 0.300. The van der Waals surface area contributed by atoms with Crippen molar-refractivity contribution in [1.29, 1.82) is 0 Å². The summed E-state index contributed by atoms with van der Waals surface area (Å²) in [6.45, 7) is 6.74. The second-order valence-corrected chi connectivity index (χ2v) is 5.22. The number of aromatic amines is 1. The summed E-state index contributed by atoms with van der Waals surface area (Å²) in [5.41, 5.74) is 11.4. The van der Waals surface area contributed by atoms with Crippen LogP contribution < -0.4 is 17.1 Å². The molecule has 0 saturated carbocycles. The first-order chi connectivity index (χ1) is 8.01. The Hall–Kier alpha value is -1.56. The van der Waals surface area contributed by atoms with Crippen molar-refractivity contribution in [2.24, 2.45) is 22.1 Å². The summed E-state index contributed by atoms with van der Waals surface area (Å²) in [6, 6.07) is 0. The van der Waals surface area contributed by atoms with Crippen LogP contribution in [0.1, 0.15) is 50.1 Å². The number of hydrazone groups is 1. The maximum absolute atomic E-state index is 5.82. The van der Waals surface area contributed by atoms with Gasteiger partial charge in [-0.25, -0.2) is 11.4 Å². The molecule has 1 aromatic heterocycles. The number of hydrazine groups is 1. The summed E-state index contributed by atoms with van der Waals surface area (Å²) in [6.07, 6.45) is 2.06. The first-order valence-corrected chi connectivity index (χ1v) is 5.87. The maximum atomic E-state index is 5.82. The van der Waals surface area contributed by atoms with E-state index < -0.39 is 0 Å². The zero-order valence-electron chi connectivity index (χ0n) is 10.5. The lowest BCUT2D eigenvalue weighted by Crippen LogP contribution is -2.24. The highest BCUT2D eigenvalue weighted by Gasteiger charge is 2.41. The monoisotopic (exact) mass is 236 g/mol. The molecule has 0 amide bonds. The van der Waals surface area contributed by atoms with Crippen molar-refractivity contribution < 1.29 is 0 Å². The molecule has 6 N–H and O–H groups in total. The van der Waals surface area contributed by atoms with Crippen molar-refractivity contribution in [1.82, 2.24) is 15.7 Å². The fraction of sp³-hybridized carbons (Fsp3) is 0.636. The lowest BCUT2D eigenvalue weighted by atomic mass is 9.79. The number of aromatic nitrogens is 2. The van der Waals surface area contributed by atoms with E-state index >= 15 is 0 Å². The molecule has 0 radical (unpaired) electrons. The summed E-state index contributed by atoms with van der Waals surface area (Å²) in [5.74, 6) is 5.96. The van der Waals surface area contributed by atoms with E-state index in [9.17, 15) is 0 Å². The Morgan fingerprint density at radius 1 is 1.65 bits per heavy atom. The molecule has 0 aromatic carbocycles. The quantitative estimate of drug-likeness (QED) is 0.266. The van der Waals surface area contributed by atoms with E-state index in [2.05, 4.69) is 41.6 Å². The summed E-state index contributed by atoms with van der Waals surface area (Å²) in [5, 5.41) is 11.1. The fourth-order valence-corrected chi connectivity index (χ4v) is 2.91. The van der Waals surface area contributed by atoms with Gasteiger partial charge in [-0.3, -0.25) is 5.10 Å². The van der Waals surface area contributed by atoms with Crippen LogP contribution in [0.25, 0.3) is 0 Å². The molecule has 94 valence electrons. The minimum Gasteiger partial charge on any atom is -0.380 e. The van der Waals surface area contributed by atoms with Gasteiger partial charge >= 0.3 is 0 Å². The van der Waals surface area contributed by atoms with E-state index in [0.717, 1.165) is 18.5 Å². The van der Waals surface area contributed by atoms with Gasteiger partial charge in [0.1, 0.15) is 5.69 Å². The third-order valence-electron chi connectivity index (χ3n) is 3.66. The molecule has 0 spiro atoms. The van der Waals surface area contributed by atoms with Crippen molar-refractivity contribution in [3.8, 4) is 0 Å². The van der Waals surface area contributed by atoms with Crippen LogP contribution in [0.5, 0.6) is 0 Å². The van der Waals surface area contributed by atoms with Gasteiger partial charge in [0.15, 0.2) is 5.84 Å². The maximum Gasteiger partial charge on any atom is 0.172 e. The molecular formula is C11H20N6. The molecule has 0 aliphatic heterocycles. The van der Waals surface area contributed by atoms with Crippen molar-refractivity contribution in [2.45, 2.75) is 39.5 Å². The SMILES string of the molecule is CC[C@H]1c2[nH]nc(/C(N)=N/NN)c2CC1(C)C. The minimum atomic E-state index is 0.240. The highest BCUT2D eigenvalue weighted by Crippen LogP contribution is 2.48. The van der Waals surface area contributed by atoms with E-state index in [1.807, 2.05) is 0 Å². The summed E-state index contributed by atoms with van der Waals surface area (Å²) in [7, 11) is 0. The molecule has 1 aliphatic carbocycles. The van der Waals surface area contributed by atoms with Gasteiger partial charge in [-0.05, 0) is 18.3 Å². The Labute approximate surface area is 101 Å². The molecule has 0 bridgehead atoms. The molecule has 1 aliphatic rings. The van der Waals surface area contributed by atoms with Crippen molar-refractivity contribution >= 4 is 5.84 Å². The number of fused-ring (bicyclic) bond motifs is 1. The molecule has 0 unspecified atom stereocenters. The summed E-state index contributed by atoms with van der Waals surface area (Å²) < 4.78 is 0. The minimum absolute atomic E-state index is 0.240. The van der Waals surface area contributed by atoms with Gasteiger partial charge in [-0.15, -0.1) is 5.10 Å².